The van der Waals surface area contributed by atoms with Crippen molar-refractivity contribution in [3.63, 3.8) is 0 Å². The summed E-state index contributed by atoms with van der Waals surface area (Å²) in [6.07, 6.45) is 3.93. The van der Waals surface area contributed by atoms with Gasteiger partial charge < -0.3 is 10.6 Å². The maximum Gasteiger partial charge on any atom is 0.251 e. The highest BCUT2D eigenvalue weighted by molar-refractivity contribution is 5.93. The Hall–Kier alpha value is -1.35. The molecule has 1 amide bonds. The van der Waals surface area contributed by atoms with Gasteiger partial charge in [-0.15, -0.1) is 0 Å². The normalized spacial score (nSPS) is 26.2. The van der Waals surface area contributed by atoms with Crippen LogP contribution in [0.5, 0.6) is 0 Å². The minimum Gasteiger partial charge on any atom is -0.355 e. The molecule has 1 fully saturated rings. The fourth-order valence-electron chi connectivity index (χ4n) is 3.14. The van der Waals surface area contributed by atoms with E-state index in [9.17, 15) is 4.79 Å². The van der Waals surface area contributed by atoms with E-state index in [1.165, 1.54) is 24.8 Å². The lowest BCUT2D eigenvalue weighted by Gasteiger charge is -2.33. The van der Waals surface area contributed by atoms with Gasteiger partial charge in [-0.1, -0.05) is 26.0 Å². The SMILES string of the molecule is CNC(=O)c1ccc(CNC2CCC(C)CC2C)cc1. The third-order valence-electron chi connectivity index (χ3n) is 4.44. The van der Waals surface area contributed by atoms with Crippen molar-refractivity contribution in [2.75, 3.05) is 7.05 Å². The molecule has 0 heterocycles. The zero-order chi connectivity index (χ0) is 14.5. The van der Waals surface area contributed by atoms with Gasteiger partial charge in [0.05, 0.1) is 0 Å². The summed E-state index contributed by atoms with van der Waals surface area (Å²) in [5.41, 5.74) is 1.96. The quantitative estimate of drug-likeness (QED) is 0.886. The van der Waals surface area contributed by atoms with Crippen LogP contribution in [0.1, 0.15) is 49.0 Å². The van der Waals surface area contributed by atoms with Gasteiger partial charge in [-0.3, -0.25) is 4.79 Å². The van der Waals surface area contributed by atoms with E-state index in [0.717, 1.165) is 23.9 Å². The van der Waals surface area contributed by atoms with Gasteiger partial charge >= 0.3 is 0 Å². The molecule has 3 unspecified atom stereocenters. The zero-order valence-corrected chi connectivity index (χ0v) is 12.8. The summed E-state index contributed by atoms with van der Waals surface area (Å²) in [6.45, 7) is 5.59. The van der Waals surface area contributed by atoms with Crippen LogP contribution in [0.25, 0.3) is 0 Å². The van der Waals surface area contributed by atoms with Crippen LogP contribution in [0.4, 0.5) is 0 Å². The predicted octanol–water partition coefficient (Wildman–Crippen LogP) is 2.96. The summed E-state index contributed by atoms with van der Waals surface area (Å²) in [5, 5.41) is 6.31. The zero-order valence-electron chi connectivity index (χ0n) is 12.8. The first-order chi connectivity index (χ1) is 9.60. The molecule has 1 aliphatic rings. The first-order valence-electron chi connectivity index (χ1n) is 7.64. The summed E-state index contributed by atoms with van der Waals surface area (Å²) in [7, 11) is 1.66. The number of benzene rings is 1. The van der Waals surface area contributed by atoms with E-state index < -0.39 is 0 Å². The van der Waals surface area contributed by atoms with Crippen molar-refractivity contribution >= 4 is 5.91 Å². The molecule has 2 rings (SSSR count). The number of hydrogen-bond donors (Lipinski definition) is 2. The van der Waals surface area contributed by atoms with E-state index in [1.807, 2.05) is 24.3 Å². The van der Waals surface area contributed by atoms with Crippen LogP contribution in [0, 0.1) is 11.8 Å². The van der Waals surface area contributed by atoms with Gasteiger partial charge in [0.2, 0.25) is 0 Å². The third-order valence-corrected chi connectivity index (χ3v) is 4.44. The fraction of sp³-hybridized carbons (Fsp3) is 0.588. The second kappa shape index (κ2) is 6.89. The number of nitrogens with one attached hydrogen (secondary N) is 2. The van der Waals surface area contributed by atoms with Crippen molar-refractivity contribution in [1.82, 2.24) is 10.6 Å². The molecule has 0 aromatic heterocycles. The van der Waals surface area contributed by atoms with Gasteiger partial charge in [-0.25, -0.2) is 0 Å². The largest absolute Gasteiger partial charge is 0.355 e. The van der Waals surface area contributed by atoms with Crippen molar-refractivity contribution in [1.29, 1.82) is 0 Å². The summed E-state index contributed by atoms with van der Waals surface area (Å²) < 4.78 is 0. The Morgan fingerprint density at radius 3 is 2.50 bits per heavy atom. The van der Waals surface area contributed by atoms with Gasteiger partial charge in [-0.2, -0.15) is 0 Å². The van der Waals surface area contributed by atoms with E-state index in [-0.39, 0.29) is 5.91 Å². The van der Waals surface area contributed by atoms with E-state index in [2.05, 4.69) is 24.5 Å². The molecule has 3 nitrogen and oxygen atoms in total. The average molecular weight is 274 g/mol. The van der Waals surface area contributed by atoms with Crippen LogP contribution in [0.15, 0.2) is 24.3 Å². The lowest BCUT2D eigenvalue weighted by atomic mass is 9.80. The molecule has 1 aromatic carbocycles. The highest BCUT2D eigenvalue weighted by Gasteiger charge is 2.24. The molecule has 110 valence electrons. The molecular weight excluding hydrogens is 248 g/mol. The Morgan fingerprint density at radius 1 is 1.20 bits per heavy atom. The predicted molar refractivity (Wildman–Crippen MR) is 82.6 cm³/mol. The second-order valence-electron chi connectivity index (χ2n) is 6.16. The Kier molecular flexibility index (Phi) is 5.18. The highest BCUT2D eigenvalue weighted by Crippen LogP contribution is 2.28. The number of carbonyl (C=O) groups is 1. The molecule has 1 aromatic rings. The molecule has 0 aliphatic heterocycles. The molecule has 0 saturated heterocycles. The lowest BCUT2D eigenvalue weighted by Crippen LogP contribution is -2.38. The van der Waals surface area contributed by atoms with Gasteiger partial charge in [0.1, 0.15) is 0 Å². The van der Waals surface area contributed by atoms with Crippen LogP contribution >= 0.6 is 0 Å². The molecule has 0 radical (unpaired) electrons. The van der Waals surface area contributed by atoms with Crippen molar-refractivity contribution in [2.24, 2.45) is 11.8 Å². The van der Waals surface area contributed by atoms with Gasteiger partial charge in [0.25, 0.3) is 5.91 Å². The maximum atomic E-state index is 11.5. The second-order valence-corrected chi connectivity index (χ2v) is 6.16. The molecule has 3 atom stereocenters. The van der Waals surface area contributed by atoms with E-state index >= 15 is 0 Å². The van der Waals surface area contributed by atoms with Crippen molar-refractivity contribution in [3.05, 3.63) is 35.4 Å². The topological polar surface area (TPSA) is 41.1 Å². The Labute approximate surface area is 122 Å². The summed E-state index contributed by atoms with van der Waals surface area (Å²) in [4.78, 5) is 11.5. The first-order valence-corrected chi connectivity index (χ1v) is 7.64. The number of amides is 1. The summed E-state index contributed by atoms with van der Waals surface area (Å²) in [5.74, 6) is 1.60. The van der Waals surface area contributed by atoms with E-state index in [1.54, 1.807) is 7.05 Å². The fourth-order valence-corrected chi connectivity index (χ4v) is 3.14. The molecule has 2 N–H and O–H groups in total. The lowest BCUT2D eigenvalue weighted by molar-refractivity contribution is 0.0963. The summed E-state index contributed by atoms with van der Waals surface area (Å²) >= 11 is 0. The van der Waals surface area contributed by atoms with Crippen LogP contribution in [0.2, 0.25) is 0 Å². The molecule has 20 heavy (non-hydrogen) atoms. The Bertz CT molecular complexity index is 441. The highest BCUT2D eigenvalue weighted by atomic mass is 16.1. The number of carbonyl (C=O) groups excluding carboxylic acids is 1. The van der Waals surface area contributed by atoms with Crippen LogP contribution < -0.4 is 10.6 Å². The van der Waals surface area contributed by atoms with Crippen LogP contribution in [-0.2, 0) is 6.54 Å². The van der Waals surface area contributed by atoms with Gasteiger partial charge in [-0.05, 0) is 48.8 Å². The molecule has 1 saturated carbocycles. The average Bonchev–Trinajstić information content (AvgIpc) is 2.46. The van der Waals surface area contributed by atoms with Crippen LogP contribution in [0.3, 0.4) is 0 Å². The third kappa shape index (κ3) is 3.83. The van der Waals surface area contributed by atoms with Crippen molar-refractivity contribution in [2.45, 2.75) is 45.7 Å². The minimum atomic E-state index is -0.0283. The Balaban J connectivity index is 1.86. The monoisotopic (exact) mass is 274 g/mol. The molecule has 0 spiro atoms. The van der Waals surface area contributed by atoms with E-state index in [0.29, 0.717) is 6.04 Å². The van der Waals surface area contributed by atoms with Crippen molar-refractivity contribution in [3.8, 4) is 0 Å². The van der Waals surface area contributed by atoms with Gasteiger partial charge in [0.15, 0.2) is 0 Å². The molecule has 0 bridgehead atoms. The van der Waals surface area contributed by atoms with Gasteiger partial charge in [0, 0.05) is 25.2 Å². The standard InChI is InChI=1S/C17H26N2O/c1-12-4-9-16(13(2)10-12)19-11-14-5-7-15(8-6-14)17(20)18-3/h5-8,12-13,16,19H,4,9-11H2,1-3H3,(H,18,20). The van der Waals surface area contributed by atoms with Crippen LogP contribution in [-0.4, -0.2) is 19.0 Å². The molecule has 3 heteroatoms. The summed E-state index contributed by atoms with van der Waals surface area (Å²) in [6, 6.07) is 8.48. The number of hydrogen-bond acceptors (Lipinski definition) is 2. The minimum absolute atomic E-state index is 0.0283. The Morgan fingerprint density at radius 2 is 1.90 bits per heavy atom. The van der Waals surface area contributed by atoms with Crippen molar-refractivity contribution < 1.29 is 4.79 Å². The van der Waals surface area contributed by atoms with E-state index in [4.69, 9.17) is 0 Å². The number of rotatable bonds is 4. The first kappa shape index (κ1) is 15.0. The smallest absolute Gasteiger partial charge is 0.251 e. The molecule has 1 aliphatic carbocycles. The molecular formula is C17H26N2O. The maximum absolute atomic E-state index is 11.5.